The van der Waals surface area contributed by atoms with Gasteiger partial charge in [-0.15, -0.1) is 0 Å². The second-order valence-corrected chi connectivity index (χ2v) is 5.28. The van der Waals surface area contributed by atoms with Crippen molar-refractivity contribution in [3.8, 4) is 0 Å². The van der Waals surface area contributed by atoms with E-state index >= 15 is 0 Å². The lowest BCUT2D eigenvalue weighted by molar-refractivity contribution is 0.0697. The van der Waals surface area contributed by atoms with Crippen molar-refractivity contribution in [3.63, 3.8) is 0 Å². The van der Waals surface area contributed by atoms with Crippen LogP contribution in [-0.2, 0) is 0 Å². The highest BCUT2D eigenvalue weighted by Crippen LogP contribution is 2.29. The van der Waals surface area contributed by atoms with Gasteiger partial charge in [-0.1, -0.05) is 33.6 Å². The van der Waals surface area contributed by atoms with Gasteiger partial charge in [-0.25, -0.2) is 4.79 Å². The minimum atomic E-state index is -0.935. The van der Waals surface area contributed by atoms with Crippen LogP contribution in [0.2, 0.25) is 0 Å². The van der Waals surface area contributed by atoms with Crippen LogP contribution >= 0.6 is 15.9 Å². The van der Waals surface area contributed by atoms with E-state index in [0.29, 0.717) is 5.69 Å². The molecule has 0 atom stereocenters. The number of anilines is 2. The number of carboxylic acid groups (broad SMARTS) is 1. The van der Waals surface area contributed by atoms with Gasteiger partial charge in [0.15, 0.2) is 0 Å². The summed E-state index contributed by atoms with van der Waals surface area (Å²) >= 11 is 3.30. The van der Waals surface area contributed by atoms with Crippen molar-refractivity contribution in [2.45, 2.75) is 6.92 Å². The van der Waals surface area contributed by atoms with Gasteiger partial charge < -0.3 is 10.0 Å². The molecule has 1 N–H and O–H groups in total. The quantitative estimate of drug-likeness (QED) is 0.920. The van der Waals surface area contributed by atoms with Gasteiger partial charge in [0.05, 0.1) is 11.3 Å². The van der Waals surface area contributed by atoms with Gasteiger partial charge in [0.2, 0.25) is 0 Å². The van der Waals surface area contributed by atoms with Crippen molar-refractivity contribution in [2.24, 2.45) is 0 Å². The fraction of sp³-hybridized carbons (Fsp3) is 0.133. The number of carboxylic acids is 1. The smallest absolute Gasteiger partial charge is 0.337 e. The molecule has 2 aromatic carbocycles. The average molecular weight is 320 g/mol. The first kappa shape index (κ1) is 13.6. The normalized spacial score (nSPS) is 10.3. The lowest BCUT2D eigenvalue weighted by Gasteiger charge is -2.21. The second-order valence-electron chi connectivity index (χ2n) is 4.36. The Kier molecular flexibility index (Phi) is 3.90. The molecule has 4 heteroatoms. The van der Waals surface area contributed by atoms with Crippen molar-refractivity contribution in [1.29, 1.82) is 0 Å². The fourth-order valence-electron chi connectivity index (χ4n) is 1.88. The van der Waals surface area contributed by atoms with E-state index < -0.39 is 5.97 Å². The molecule has 0 saturated heterocycles. The topological polar surface area (TPSA) is 40.5 Å². The van der Waals surface area contributed by atoms with Gasteiger partial charge in [-0.05, 0) is 37.3 Å². The summed E-state index contributed by atoms with van der Waals surface area (Å²) < 4.78 is 0.756. The molecule has 0 aliphatic carbocycles. The zero-order chi connectivity index (χ0) is 14.0. The van der Waals surface area contributed by atoms with Gasteiger partial charge in [-0.2, -0.15) is 0 Å². The van der Waals surface area contributed by atoms with Crippen LogP contribution < -0.4 is 4.90 Å². The Morgan fingerprint density at radius 2 is 1.79 bits per heavy atom. The van der Waals surface area contributed by atoms with E-state index in [4.69, 9.17) is 0 Å². The molecule has 19 heavy (non-hydrogen) atoms. The third-order valence-electron chi connectivity index (χ3n) is 2.97. The van der Waals surface area contributed by atoms with Gasteiger partial charge in [0, 0.05) is 17.2 Å². The maximum Gasteiger partial charge on any atom is 0.337 e. The van der Waals surface area contributed by atoms with E-state index in [2.05, 4.69) is 15.9 Å². The minimum Gasteiger partial charge on any atom is -0.478 e. The minimum absolute atomic E-state index is 0.275. The first-order valence-electron chi connectivity index (χ1n) is 5.82. The standard InChI is InChI=1S/C15H14BrNO2/c1-10-3-6-12(7-4-10)17(2)14-8-5-11(16)9-13(14)15(18)19/h3-9H,1-2H3,(H,18,19). The molecular formula is C15H14BrNO2. The summed E-state index contributed by atoms with van der Waals surface area (Å²) in [5, 5.41) is 9.28. The number of hydrogen-bond donors (Lipinski definition) is 1. The Bertz CT molecular complexity index is 608. The predicted octanol–water partition coefficient (Wildman–Crippen LogP) is 4.22. The molecule has 3 nitrogen and oxygen atoms in total. The van der Waals surface area contributed by atoms with Crippen LogP contribution in [0, 0.1) is 6.92 Å². The lowest BCUT2D eigenvalue weighted by Crippen LogP contribution is -2.14. The summed E-state index contributed by atoms with van der Waals surface area (Å²) in [7, 11) is 1.86. The summed E-state index contributed by atoms with van der Waals surface area (Å²) in [4.78, 5) is 13.2. The van der Waals surface area contributed by atoms with Crippen molar-refractivity contribution in [1.82, 2.24) is 0 Å². The molecule has 98 valence electrons. The van der Waals surface area contributed by atoms with Crippen LogP contribution in [0.4, 0.5) is 11.4 Å². The van der Waals surface area contributed by atoms with Crippen molar-refractivity contribution in [3.05, 3.63) is 58.1 Å². The van der Waals surface area contributed by atoms with Gasteiger partial charge >= 0.3 is 5.97 Å². The predicted molar refractivity (Wildman–Crippen MR) is 80.3 cm³/mol. The first-order chi connectivity index (χ1) is 8.99. The van der Waals surface area contributed by atoms with E-state index in [9.17, 15) is 9.90 Å². The monoisotopic (exact) mass is 319 g/mol. The molecule has 2 aromatic rings. The molecule has 0 radical (unpaired) electrons. The Morgan fingerprint density at radius 1 is 1.16 bits per heavy atom. The van der Waals surface area contributed by atoms with E-state index in [0.717, 1.165) is 10.2 Å². The Labute approximate surface area is 120 Å². The third kappa shape index (κ3) is 2.96. The van der Waals surface area contributed by atoms with Crippen LogP contribution in [0.15, 0.2) is 46.9 Å². The third-order valence-corrected chi connectivity index (χ3v) is 3.46. The number of hydrogen-bond acceptors (Lipinski definition) is 2. The van der Waals surface area contributed by atoms with Crippen molar-refractivity contribution >= 4 is 33.3 Å². The molecular weight excluding hydrogens is 306 g/mol. The molecule has 0 saturated carbocycles. The first-order valence-corrected chi connectivity index (χ1v) is 6.61. The molecule has 2 rings (SSSR count). The number of carbonyl (C=O) groups is 1. The lowest BCUT2D eigenvalue weighted by atomic mass is 10.1. The maximum absolute atomic E-state index is 11.3. The number of rotatable bonds is 3. The Morgan fingerprint density at radius 3 is 2.37 bits per heavy atom. The summed E-state index contributed by atoms with van der Waals surface area (Å²) in [6, 6.07) is 13.2. The average Bonchev–Trinajstić information content (AvgIpc) is 2.38. The van der Waals surface area contributed by atoms with Gasteiger partial charge in [0.25, 0.3) is 0 Å². The van der Waals surface area contributed by atoms with Crippen LogP contribution in [0.3, 0.4) is 0 Å². The van der Waals surface area contributed by atoms with Crippen molar-refractivity contribution < 1.29 is 9.90 Å². The van der Waals surface area contributed by atoms with E-state index in [1.807, 2.05) is 49.2 Å². The van der Waals surface area contributed by atoms with E-state index in [1.165, 1.54) is 5.56 Å². The van der Waals surface area contributed by atoms with Gasteiger partial charge in [-0.3, -0.25) is 0 Å². The zero-order valence-electron chi connectivity index (χ0n) is 10.7. The van der Waals surface area contributed by atoms with E-state index in [1.54, 1.807) is 12.1 Å². The molecule has 0 heterocycles. The number of halogens is 1. The molecule has 0 bridgehead atoms. The summed E-state index contributed by atoms with van der Waals surface area (Å²) in [5.74, 6) is -0.935. The van der Waals surface area contributed by atoms with Crippen LogP contribution in [0.25, 0.3) is 0 Å². The number of aromatic carboxylic acids is 1. The molecule has 0 fully saturated rings. The molecule has 0 aliphatic heterocycles. The highest BCUT2D eigenvalue weighted by Gasteiger charge is 2.15. The highest BCUT2D eigenvalue weighted by molar-refractivity contribution is 9.10. The Balaban J connectivity index is 2.46. The van der Waals surface area contributed by atoms with E-state index in [-0.39, 0.29) is 5.56 Å². The molecule has 0 unspecified atom stereocenters. The van der Waals surface area contributed by atoms with Crippen molar-refractivity contribution in [2.75, 3.05) is 11.9 Å². The molecule has 0 spiro atoms. The molecule has 0 aromatic heterocycles. The Hall–Kier alpha value is -1.81. The fourth-order valence-corrected chi connectivity index (χ4v) is 2.24. The number of benzene rings is 2. The second kappa shape index (κ2) is 5.45. The SMILES string of the molecule is Cc1ccc(N(C)c2ccc(Br)cc2C(=O)O)cc1. The highest BCUT2D eigenvalue weighted by atomic mass is 79.9. The summed E-state index contributed by atoms with van der Waals surface area (Å²) in [6.07, 6.45) is 0. The summed E-state index contributed by atoms with van der Waals surface area (Å²) in [5.41, 5.74) is 3.07. The summed E-state index contributed by atoms with van der Waals surface area (Å²) in [6.45, 7) is 2.02. The van der Waals surface area contributed by atoms with Crippen LogP contribution in [-0.4, -0.2) is 18.1 Å². The molecule has 0 aliphatic rings. The van der Waals surface area contributed by atoms with Crippen LogP contribution in [0.1, 0.15) is 15.9 Å². The van der Waals surface area contributed by atoms with Gasteiger partial charge in [0.1, 0.15) is 0 Å². The zero-order valence-corrected chi connectivity index (χ0v) is 12.3. The molecule has 0 amide bonds. The largest absolute Gasteiger partial charge is 0.478 e. The number of nitrogens with zero attached hydrogens (tertiary/aromatic N) is 1. The number of aryl methyl sites for hydroxylation is 1. The maximum atomic E-state index is 11.3. The van der Waals surface area contributed by atoms with Crippen LogP contribution in [0.5, 0.6) is 0 Å².